The minimum absolute atomic E-state index is 0.00290. The number of benzene rings is 2. The molecule has 164 valence electrons. The topological polar surface area (TPSA) is 38.8 Å². The number of halogens is 3. The molecule has 1 aliphatic carbocycles. The molecule has 0 amide bonds. The molecule has 2 aliphatic rings. The Bertz CT molecular complexity index is 1050. The van der Waals surface area contributed by atoms with Crippen LogP contribution in [-0.2, 0) is 13.0 Å². The smallest absolute Gasteiger partial charge is 0.201 e. The van der Waals surface area contributed by atoms with Crippen LogP contribution in [0.5, 0.6) is 11.5 Å². The first kappa shape index (κ1) is 21.4. The third kappa shape index (κ3) is 4.19. The van der Waals surface area contributed by atoms with Crippen molar-refractivity contribution in [3.63, 3.8) is 0 Å². The highest BCUT2D eigenvalue weighted by molar-refractivity contribution is 6.07. The van der Waals surface area contributed by atoms with Crippen LogP contribution in [0.15, 0.2) is 42.0 Å². The summed E-state index contributed by atoms with van der Waals surface area (Å²) in [7, 11) is 2.97. The molecule has 0 N–H and O–H groups in total. The number of ether oxygens (including phenoxy) is 2. The molecule has 31 heavy (non-hydrogen) atoms. The molecule has 0 fully saturated rings. The van der Waals surface area contributed by atoms with E-state index in [4.69, 9.17) is 9.47 Å². The van der Waals surface area contributed by atoms with Crippen LogP contribution in [0, 0.1) is 11.6 Å². The number of fused-ring (bicyclic) bond motifs is 1. The van der Waals surface area contributed by atoms with Gasteiger partial charge in [-0.25, -0.2) is 13.2 Å². The molecular weight excluding hydrogens is 407 g/mol. The van der Waals surface area contributed by atoms with Crippen molar-refractivity contribution >= 4 is 5.78 Å². The van der Waals surface area contributed by atoms with Crippen LogP contribution >= 0.6 is 0 Å². The van der Waals surface area contributed by atoms with Gasteiger partial charge in [-0.15, -0.1) is 0 Å². The van der Waals surface area contributed by atoms with Crippen LogP contribution in [0.1, 0.15) is 34.3 Å². The molecule has 0 radical (unpaired) electrons. The van der Waals surface area contributed by atoms with E-state index >= 15 is 4.39 Å². The van der Waals surface area contributed by atoms with Gasteiger partial charge in [-0.05, 0) is 42.3 Å². The summed E-state index contributed by atoms with van der Waals surface area (Å²) in [6.45, 7) is 1.35. The third-order valence-electron chi connectivity index (χ3n) is 6.03. The highest BCUT2D eigenvalue weighted by Gasteiger charge is 2.47. The van der Waals surface area contributed by atoms with Gasteiger partial charge in [0.15, 0.2) is 17.2 Å². The fourth-order valence-corrected chi connectivity index (χ4v) is 4.37. The molecule has 4 nitrogen and oxygen atoms in total. The second-order valence-electron chi connectivity index (χ2n) is 8.10. The summed E-state index contributed by atoms with van der Waals surface area (Å²) in [5.41, 5.74) is 0.105. The first-order valence-electron chi connectivity index (χ1n) is 10.2. The van der Waals surface area contributed by atoms with Crippen molar-refractivity contribution in [2.24, 2.45) is 0 Å². The number of alkyl halides is 1. The predicted molar refractivity (Wildman–Crippen MR) is 110 cm³/mol. The maximum absolute atomic E-state index is 15.7. The van der Waals surface area contributed by atoms with E-state index in [1.165, 1.54) is 20.3 Å². The number of hydrogen-bond acceptors (Lipinski definition) is 4. The maximum Gasteiger partial charge on any atom is 0.201 e. The van der Waals surface area contributed by atoms with Crippen LogP contribution in [0.4, 0.5) is 13.2 Å². The standard InChI is InChI=1S/C24H24F3NO3/c1-30-21-10-16-13-24(27,23(29)19(16)11-22(21)31-2)12-15-5-7-28(8-6-15)14-17-9-18(25)3-4-20(17)26/h3-5,9-11H,6-8,12-14H2,1-2H3. The van der Waals surface area contributed by atoms with Gasteiger partial charge in [0.25, 0.3) is 0 Å². The summed E-state index contributed by atoms with van der Waals surface area (Å²) < 4.78 is 53.5. The molecule has 2 aromatic carbocycles. The highest BCUT2D eigenvalue weighted by atomic mass is 19.1. The number of methoxy groups -OCH3 is 2. The highest BCUT2D eigenvalue weighted by Crippen LogP contribution is 2.43. The third-order valence-corrected chi connectivity index (χ3v) is 6.03. The maximum atomic E-state index is 15.7. The van der Waals surface area contributed by atoms with Crippen molar-refractivity contribution in [2.45, 2.75) is 31.5 Å². The van der Waals surface area contributed by atoms with E-state index in [0.717, 1.165) is 17.7 Å². The molecule has 0 saturated heterocycles. The Morgan fingerprint density at radius 3 is 2.52 bits per heavy atom. The fourth-order valence-electron chi connectivity index (χ4n) is 4.37. The van der Waals surface area contributed by atoms with Gasteiger partial charge in [-0.3, -0.25) is 9.69 Å². The Morgan fingerprint density at radius 1 is 1.10 bits per heavy atom. The van der Waals surface area contributed by atoms with E-state index < -0.39 is 23.1 Å². The predicted octanol–water partition coefficient (Wildman–Crippen LogP) is 4.65. The largest absolute Gasteiger partial charge is 0.493 e. The van der Waals surface area contributed by atoms with E-state index in [0.29, 0.717) is 47.7 Å². The van der Waals surface area contributed by atoms with Crippen molar-refractivity contribution in [2.75, 3.05) is 27.3 Å². The van der Waals surface area contributed by atoms with Crippen LogP contribution in [0.2, 0.25) is 0 Å². The van der Waals surface area contributed by atoms with Gasteiger partial charge in [0.05, 0.1) is 14.2 Å². The Kier molecular flexibility index (Phi) is 5.79. The zero-order valence-electron chi connectivity index (χ0n) is 17.5. The van der Waals surface area contributed by atoms with Crippen molar-refractivity contribution in [3.8, 4) is 11.5 Å². The Hall–Kier alpha value is -2.80. The van der Waals surface area contributed by atoms with E-state index in [-0.39, 0.29) is 19.4 Å². The van der Waals surface area contributed by atoms with E-state index in [1.54, 1.807) is 12.1 Å². The number of nitrogens with zero attached hydrogens (tertiary/aromatic N) is 1. The molecule has 0 saturated carbocycles. The van der Waals surface area contributed by atoms with Gasteiger partial charge in [0.2, 0.25) is 5.78 Å². The normalized spacial score (nSPS) is 21.1. The summed E-state index contributed by atoms with van der Waals surface area (Å²) in [5, 5.41) is 0. The zero-order valence-corrected chi connectivity index (χ0v) is 17.5. The second kappa shape index (κ2) is 8.38. The lowest BCUT2D eigenvalue weighted by atomic mass is 9.89. The lowest BCUT2D eigenvalue weighted by molar-refractivity contribution is 0.0716. The molecule has 0 aromatic heterocycles. The lowest BCUT2D eigenvalue weighted by Crippen LogP contribution is -2.34. The zero-order chi connectivity index (χ0) is 22.2. The van der Waals surface area contributed by atoms with Crippen molar-refractivity contribution in [1.29, 1.82) is 0 Å². The van der Waals surface area contributed by atoms with Crippen molar-refractivity contribution in [3.05, 3.63) is 70.3 Å². The van der Waals surface area contributed by atoms with Crippen LogP contribution < -0.4 is 9.47 Å². The Balaban J connectivity index is 1.45. The average Bonchev–Trinajstić information content (AvgIpc) is 3.00. The summed E-state index contributed by atoms with van der Waals surface area (Å²) in [4.78, 5) is 14.8. The molecular formula is C24H24F3NO3. The van der Waals surface area contributed by atoms with Crippen LogP contribution in [0.25, 0.3) is 0 Å². The quantitative estimate of drug-likeness (QED) is 0.624. The Morgan fingerprint density at radius 2 is 1.84 bits per heavy atom. The number of rotatable bonds is 6. The van der Waals surface area contributed by atoms with Gasteiger partial charge in [0.1, 0.15) is 11.6 Å². The van der Waals surface area contributed by atoms with Crippen molar-refractivity contribution in [1.82, 2.24) is 4.90 Å². The monoisotopic (exact) mass is 431 g/mol. The van der Waals surface area contributed by atoms with Crippen LogP contribution in [-0.4, -0.2) is 43.7 Å². The number of Topliss-reactive ketones (excluding diaryl/α,β-unsaturated/α-hetero) is 1. The number of carbonyl (C=O) groups excluding carboxylic acids is 1. The van der Waals surface area contributed by atoms with Gasteiger partial charge in [0, 0.05) is 43.6 Å². The Labute approximate surface area is 179 Å². The number of hydrogen-bond donors (Lipinski definition) is 0. The van der Waals surface area contributed by atoms with E-state index in [1.807, 2.05) is 11.0 Å². The number of carbonyl (C=O) groups is 1. The minimum Gasteiger partial charge on any atom is -0.493 e. The van der Waals surface area contributed by atoms with E-state index in [9.17, 15) is 13.6 Å². The van der Waals surface area contributed by atoms with E-state index in [2.05, 4.69) is 0 Å². The average molecular weight is 431 g/mol. The molecule has 1 atom stereocenters. The molecule has 2 aromatic rings. The minimum atomic E-state index is -2.00. The molecule has 1 aliphatic heterocycles. The van der Waals surface area contributed by atoms with Gasteiger partial charge in [-0.2, -0.15) is 0 Å². The molecule has 0 bridgehead atoms. The first-order valence-corrected chi connectivity index (χ1v) is 10.2. The first-order chi connectivity index (χ1) is 14.8. The second-order valence-corrected chi connectivity index (χ2v) is 8.10. The summed E-state index contributed by atoms with van der Waals surface area (Å²) in [6.07, 6.45) is 2.47. The lowest BCUT2D eigenvalue weighted by Gasteiger charge is -2.28. The van der Waals surface area contributed by atoms with Gasteiger partial charge >= 0.3 is 0 Å². The molecule has 1 heterocycles. The molecule has 1 unspecified atom stereocenters. The van der Waals surface area contributed by atoms with Crippen molar-refractivity contribution < 1.29 is 27.4 Å². The molecule has 4 rings (SSSR count). The SMILES string of the molecule is COc1cc2c(cc1OC)C(=O)C(F)(CC1=CCN(Cc3cc(F)ccc3F)CC1)C2. The van der Waals surface area contributed by atoms with Gasteiger partial charge in [-0.1, -0.05) is 11.6 Å². The molecule has 0 spiro atoms. The van der Waals surface area contributed by atoms with Gasteiger partial charge < -0.3 is 9.47 Å². The fraction of sp³-hybridized carbons (Fsp3) is 0.375. The molecule has 7 heteroatoms. The van der Waals surface area contributed by atoms with Crippen LogP contribution in [0.3, 0.4) is 0 Å². The summed E-state index contributed by atoms with van der Waals surface area (Å²) in [6, 6.07) is 6.62. The summed E-state index contributed by atoms with van der Waals surface area (Å²) >= 11 is 0. The summed E-state index contributed by atoms with van der Waals surface area (Å²) in [5.74, 6) is -0.587. The number of ketones is 1.